The van der Waals surface area contributed by atoms with Crippen LogP contribution in [0, 0.1) is 6.92 Å². The molecule has 0 saturated heterocycles. The Hall–Kier alpha value is -1.86. The van der Waals surface area contributed by atoms with Crippen molar-refractivity contribution in [1.29, 1.82) is 0 Å². The molecule has 2 aromatic carbocycles. The van der Waals surface area contributed by atoms with Crippen molar-refractivity contribution in [3.05, 3.63) is 52.5 Å². The first kappa shape index (κ1) is 16.5. The fourth-order valence-electron chi connectivity index (χ4n) is 1.81. The summed E-state index contributed by atoms with van der Waals surface area (Å²) >= 11 is 3.26. The van der Waals surface area contributed by atoms with Gasteiger partial charge in [0.15, 0.2) is 0 Å². The largest absolute Gasteiger partial charge is 0.426 e. The molecular formula is C15H14BrNO4S. The SMILES string of the molecule is CC(=O)Oc1ccc(NS(=O)(=O)c2ccc(Br)cc2)cc1C. The van der Waals surface area contributed by atoms with Gasteiger partial charge in [-0.05, 0) is 55.0 Å². The van der Waals surface area contributed by atoms with Crippen LogP contribution < -0.4 is 9.46 Å². The monoisotopic (exact) mass is 383 g/mol. The summed E-state index contributed by atoms with van der Waals surface area (Å²) in [5, 5.41) is 0. The third kappa shape index (κ3) is 4.08. The van der Waals surface area contributed by atoms with E-state index in [1.165, 1.54) is 19.1 Å². The number of aryl methyl sites for hydroxylation is 1. The van der Waals surface area contributed by atoms with E-state index in [0.29, 0.717) is 17.0 Å². The number of esters is 1. The summed E-state index contributed by atoms with van der Waals surface area (Å²) in [6.45, 7) is 3.04. The number of halogens is 1. The van der Waals surface area contributed by atoms with E-state index in [9.17, 15) is 13.2 Å². The summed E-state index contributed by atoms with van der Waals surface area (Å²) in [6, 6.07) is 11.0. The molecule has 0 saturated carbocycles. The molecule has 0 bridgehead atoms. The van der Waals surface area contributed by atoms with Crippen LogP contribution in [0.4, 0.5) is 5.69 Å². The second-order valence-corrected chi connectivity index (χ2v) is 7.23. The zero-order chi connectivity index (χ0) is 16.3. The van der Waals surface area contributed by atoms with E-state index in [0.717, 1.165) is 4.47 Å². The van der Waals surface area contributed by atoms with Crippen LogP contribution in [-0.4, -0.2) is 14.4 Å². The van der Waals surface area contributed by atoms with Gasteiger partial charge in [0.1, 0.15) is 5.75 Å². The highest BCUT2D eigenvalue weighted by Gasteiger charge is 2.14. The Labute approximate surface area is 137 Å². The maximum Gasteiger partial charge on any atom is 0.308 e. The van der Waals surface area contributed by atoms with E-state index in [1.807, 2.05) is 0 Å². The third-order valence-electron chi connectivity index (χ3n) is 2.80. The van der Waals surface area contributed by atoms with Crippen LogP contribution in [0.5, 0.6) is 5.75 Å². The highest BCUT2D eigenvalue weighted by atomic mass is 79.9. The van der Waals surface area contributed by atoms with Crippen LogP contribution in [0.2, 0.25) is 0 Å². The van der Waals surface area contributed by atoms with Gasteiger partial charge in [-0.1, -0.05) is 15.9 Å². The molecule has 2 aromatic rings. The van der Waals surface area contributed by atoms with Crippen LogP contribution >= 0.6 is 15.9 Å². The van der Waals surface area contributed by atoms with Crippen LogP contribution in [0.3, 0.4) is 0 Å². The van der Waals surface area contributed by atoms with Crippen LogP contribution in [0.15, 0.2) is 51.8 Å². The lowest BCUT2D eigenvalue weighted by Gasteiger charge is -2.11. The summed E-state index contributed by atoms with van der Waals surface area (Å²) in [6.07, 6.45) is 0. The lowest BCUT2D eigenvalue weighted by molar-refractivity contribution is -0.131. The van der Waals surface area contributed by atoms with E-state index in [-0.39, 0.29) is 4.90 Å². The average molecular weight is 384 g/mol. The van der Waals surface area contributed by atoms with Crippen molar-refractivity contribution in [3.8, 4) is 5.75 Å². The molecule has 0 unspecified atom stereocenters. The quantitative estimate of drug-likeness (QED) is 0.647. The molecule has 116 valence electrons. The summed E-state index contributed by atoms with van der Waals surface area (Å²) in [4.78, 5) is 11.1. The Morgan fingerprint density at radius 1 is 1.14 bits per heavy atom. The number of nitrogens with one attached hydrogen (secondary N) is 1. The highest BCUT2D eigenvalue weighted by molar-refractivity contribution is 9.10. The molecule has 0 spiro atoms. The minimum atomic E-state index is -3.66. The maximum atomic E-state index is 12.3. The molecular weight excluding hydrogens is 370 g/mol. The van der Waals surface area contributed by atoms with Gasteiger partial charge >= 0.3 is 5.97 Å². The smallest absolute Gasteiger partial charge is 0.308 e. The lowest BCUT2D eigenvalue weighted by Crippen LogP contribution is -2.13. The highest BCUT2D eigenvalue weighted by Crippen LogP contribution is 2.24. The Balaban J connectivity index is 2.24. The average Bonchev–Trinajstić information content (AvgIpc) is 2.41. The number of ether oxygens (including phenoxy) is 1. The van der Waals surface area contributed by atoms with Crippen molar-refractivity contribution in [2.24, 2.45) is 0 Å². The number of sulfonamides is 1. The van der Waals surface area contributed by atoms with Crippen LogP contribution in [0.25, 0.3) is 0 Å². The number of hydrogen-bond donors (Lipinski definition) is 1. The van der Waals surface area contributed by atoms with E-state index in [1.54, 1.807) is 37.3 Å². The number of carbonyl (C=O) groups excluding carboxylic acids is 1. The van der Waals surface area contributed by atoms with Gasteiger partial charge in [-0.2, -0.15) is 0 Å². The Morgan fingerprint density at radius 2 is 1.77 bits per heavy atom. The number of carbonyl (C=O) groups is 1. The fraction of sp³-hybridized carbons (Fsp3) is 0.133. The first-order chi connectivity index (χ1) is 10.3. The molecule has 0 aliphatic heterocycles. The van der Waals surface area contributed by atoms with Gasteiger partial charge < -0.3 is 4.74 Å². The summed E-state index contributed by atoms with van der Waals surface area (Å²) in [5.41, 5.74) is 1.06. The first-order valence-electron chi connectivity index (χ1n) is 6.35. The minimum Gasteiger partial charge on any atom is -0.426 e. The normalized spacial score (nSPS) is 11.0. The number of rotatable bonds is 4. The molecule has 22 heavy (non-hydrogen) atoms. The van der Waals surface area contributed by atoms with E-state index >= 15 is 0 Å². The van der Waals surface area contributed by atoms with Gasteiger partial charge in [0, 0.05) is 17.1 Å². The van der Waals surface area contributed by atoms with Crippen LogP contribution in [0.1, 0.15) is 12.5 Å². The molecule has 0 aliphatic carbocycles. The number of benzene rings is 2. The van der Waals surface area contributed by atoms with Crippen molar-refractivity contribution in [2.75, 3.05) is 4.72 Å². The maximum absolute atomic E-state index is 12.3. The van der Waals surface area contributed by atoms with E-state index in [4.69, 9.17) is 4.74 Å². The Kier molecular flexibility index (Phi) is 4.87. The van der Waals surface area contributed by atoms with Crippen molar-refractivity contribution in [2.45, 2.75) is 18.7 Å². The molecule has 2 rings (SSSR count). The second-order valence-electron chi connectivity index (χ2n) is 4.63. The molecule has 5 nitrogen and oxygen atoms in total. The molecule has 0 aliphatic rings. The van der Waals surface area contributed by atoms with Gasteiger partial charge in [0.2, 0.25) is 0 Å². The molecule has 0 aromatic heterocycles. The zero-order valence-electron chi connectivity index (χ0n) is 12.0. The fourth-order valence-corrected chi connectivity index (χ4v) is 3.12. The van der Waals surface area contributed by atoms with Gasteiger partial charge in [0.05, 0.1) is 4.90 Å². The van der Waals surface area contributed by atoms with E-state index < -0.39 is 16.0 Å². The van der Waals surface area contributed by atoms with Crippen molar-refractivity contribution < 1.29 is 17.9 Å². The standard InChI is InChI=1S/C15H14BrNO4S/c1-10-9-13(5-8-15(10)21-11(2)18)17-22(19,20)14-6-3-12(16)4-7-14/h3-9,17H,1-2H3. The Morgan fingerprint density at radius 3 is 2.32 bits per heavy atom. The molecule has 0 fully saturated rings. The predicted molar refractivity (Wildman–Crippen MR) is 87.4 cm³/mol. The van der Waals surface area contributed by atoms with Crippen molar-refractivity contribution in [1.82, 2.24) is 0 Å². The third-order valence-corrected chi connectivity index (χ3v) is 4.73. The molecule has 1 N–H and O–H groups in total. The zero-order valence-corrected chi connectivity index (χ0v) is 14.4. The molecule has 0 heterocycles. The molecule has 0 atom stereocenters. The molecule has 7 heteroatoms. The molecule has 0 radical (unpaired) electrons. The summed E-state index contributed by atoms with van der Waals surface area (Å²) < 4.78 is 32.8. The summed E-state index contributed by atoms with van der Waals surface area (Å²) in [5.74, 6) is -0.0228. The van der Waals surface area contributed by atoms with Gasteiger partial charge in [-0.3, -0.25) is 9.52 Å². The molecule has 0 amide bonds. The van der Waals surface area contributed by atoms with Gasteiger partial charge in [-0.15, -0.1) is 0 Å². The topological polar surface area (TPSA) is 72.5 Å². The Bertz CT molecular complexity index is 801. The number of anilines is 1. The minimum absolute atomic E-state index is 0.164. The summed E-state index contributed by atoms with van der Waals surface area (Å²) in [7, 11) is -3.66. The second kappa shape index (κ2) is 6.50. The van der Waals surface area contributed by atoms with Gasteiger partial charge in [0.25, 0.3) is 10.0 Å². The first-order valence-corrected chi connectivity index (χ1v) is 8.63. The van der Waals surface area contributed by atoms with Crippen LogP contribution in [-0.2, 0) is 14.8 Å². The predicted octanol–water partition coefficient (Wildman–Crippen LogP) is 3.48. The lowest BCUT2D eigenvalue weighted by atomic mass is 10.2. The number of hydrogen-bond acceptors (Lipinski definition) is 4. The van der Waals surface area contributed by atoms with E-state index in [2.05, 4.69) is 20.7 Å². The van der Waals surface area contributed by atoms with Crippen molar-refractivity contribution >= 4 is 37.6 Å². The van der Waals surface area contributed by atoms with Gasteiger partial charge in [-0.25, -0.2) is 8.42 Å². The van der Waals surface area contributed by atoms with Crippen molar-refractivity contribution in [3.63, 3.8) is 0 Å².